The summed E-state index contributed by atoms with van der Waals surface area (Å²) in [4.78, 5) is 30.1. The fourth-order valence-corrected chi connectivity index (χ4v) is 3.01. The van der Waals surface area contributed by atoms with Crippen LogP contribution in [0.15, 0.2) is 41.5 Å². The van der Waals surface area contributed by atoms with Crippen LogP contribution < -0.4 is 10.3 Å². The Morgan fingerprint density at radius 2 is 2.08 bits per heavy atom. The van der Waals surface area contributed by atoms with E-state index in [1.807, 2.05) is 30.0 Å². The highest BCUT2D eigenvalue weighted by Gasteiger charge is 2.24. The number of carbonyl (C=O) groups excluding carboxylic acids is 1. The highest BCUT2D eigenvalue weighted by atomic mass is 16.5. The largest absolute Gasteiger partial charge is 0.490 e. The Balaban J connectivity index is 1.53. The number of rotatable bonds is 4. The van der Waals surface area contributed by atoms with Gasteiger partial charge in [-0.15, -0.1) is 0 Å². The van der Waals surface area contributed by atoms with E-state index in [9.17, 15) is 9.59 Å². The molecular weight excluding hydrogens is 318 g/mol. The average Bonchev–Trinajstić information content (AvgIpc) is 2.61. The maximum absolute atomic E-state index is 12.4. The third-order valence-corrected chi connectivity index (χ3v) is 4.65. The Kier molecular flexibility index (Phi) is 5.16. The van der Waals surface area contributed by atoms with Gasteiger partial charge in [-0.2, -0.15) is 0 Å². The zero-order valence-corrected chi connectivity index (χ0v) is 14.6. The van der Waals surface area contributed by atoms with Crippen molar-refractivity contribution in [2.75, 3.05) is 13.1 Å². The van der Waals surface area contributed by atoms with Crippen LogP contribution in [0.3, 0.4) is 0 Å². The molecule has 0 spiro atoms. The lowest BCUT2D eigenvalue weighted by Gasteiger charge is -2.32. The van der Waals surface area contributed by atoms with Crippen LogP contribution in [0, 0.1) is 6.92 Å². The molecule has 0 radical (unpaired) electrons. The monoisotopic (exact) mass is 341 g/mol. The molecule has 0 bridgehead atoms. The summed E-state index contributed by atoms with van der Waals surface area (Å²) in [6.07, 6.45) is 5.39. The second-order valence-electron chi connectivity index (χ2n) is 6.47. The van der Waals surface area contributed by atoms with E-state index in [2.05, 4.69) is 4.98 Å². The van der Waals surface area contributed by atoms with Gasteiger partial charge >= 0.3 is 0 Å². The van der Waals surface area contributed by atoms with Crippen molar-refractivity contribution < 1.29 is 9.53 Å². The van der Waals surface area contributed by atoms with Gasteiger partial charge in [0, 0.05) is 57.1 Å². The third kappa shape index (κ3) is 4.26. The number of amides is 1. The van der Waals surface area contributed by atoms with E-state index >= 15 is 0 Å². The summed E-state index contributed by atoms with van der Waals surface area (Å²) in [6, 6.07) is 7.15. The maximum atomic E-state index is 12.4. The van der Waals surface area contributed by atoms with Gasteiger partial charge in [0.05, 0.1) is 6.42 Å². The van der Waals surface area contributed by atoms with Gasteiger partial charge in [-0.1, -0.05) is 6.07 Å². The highest BCUT2D eigenvalue weighted by molar-refractivity contribution is 5.78. The van der Waals surface area contributed by atoms with Crippen molar-refractivity contribution in [2.24, 2.45) is 7.05 Å². The summed E-state index contributed by atoms with van der Waals surface area (Å²) < 4.78 is 7.55. The van der Waals surface area contributed by atoms with E-state index in [1.54, 1.807) is 24.0 Å². The van der Waals surface area contributed by atoms with Crippen LogP contribution in [0.4, 0.5) is 0 Å². The van der Waals surface area contributed by atoms with E-state index in [-0.39, 0.29) is 17.6 Å². The van der Waals surface area contributed by atoms with Crippen LogP contribution in [-0.2, 0) is 18.3 Å². The number of aromatic nitrogens is 2. The van der Waals surface area contributed by atoms with E-state index in [0.29, 0.717) is 25.3 Å². The van der Waals surface area contributed by atoms with Gasteiger partial charge in [0.15, 0.2) is 0 Å². The molecule has 0 N–H and O–H groups in total. The lowest BCUT2D eigenvalue weighted by atomic mass is 10.1. The van der Waals surface area contributed by atoms with Crippen molar-refractivity contribution in [1.29, 1.82) is 0 Å². The molecule has 3 heterocycles. The zero-order chi connectivity index (χ0) is 17.8. The zero-order valence-electron chi connectivity index (χ0n) is 14.6. The fourth-order valence-electron chi connectivity index (χ4n) is 3.01. The van der Waals surface area contributed by atoms with Gasteiger partial charge in [-0.3, -0.25) is 14.6 Å². The first kappa shape index (κ1) is 17.2. The minimum Gasteiger partial charge on any atom is -0.490 e. The number of hydrogen-bond donors (Lipinski definition) is 0. The first-order chi connectivity index (χ1) is 12.0. The molecule has 6 heteroatoms. The maximum Gasteiger partial charge on any atom is 0.254 e. The van der Waals surface area contributed by atoms with Crippen LogP contribution >= 0.6 is 0 Å². The van der Waals surface area contributed by atoms with Crippen LogP contribution in [0.25, 0.3) is 0 Å². The average molecular weight is 341 g/mol. The Bertz CT molecular complexity index is 793. The number of likely N-dealkylation sites (tertiary alicyclic amines) is 1. The van der Waals surface area contributed by atoms with Crippen molar-refractivity contribution in [3.63, 3.8) is 0 Å². The first-order valence-corrected chi connectivity index (χ1v) is 8.54. The Hall–Kier alpha value is -2.63. The molecular formula is C19H23N3O3. The molecule has 0 unspecified atom stereocenters. The third-order valence-electron chi connectivity index (χ3n) is 4.65. The van der Waals surface area contributed by atoms with Crippen molar-refractivity contribution in [3.05, 3.63) is 58.3 Å². The van der Waals surface area contributed by atoms with Crippen LogP contribution in [0.2, 0.25) is 0 Å². The van der Waals surface area contributed by atoms with E-state index < -0.39 is 0 Å². The van der Waals surface area contributed by atoms with Crippen molar-refractivity contribution in [2.45, 2.75) is 32.3 Å². The summed E-state index contributed by atoms with van der Waals surface area (Å²) in [6.45, 7) is 3.23. The number of aryl methyl sites for hydroxylation is 1. The minimum atomic E-state index is -0.0703. The van der Waals surface area contributed by atoms with Gasteiger partial charge in [-0.05, 0) is 24.6 Å². The van der Waals surface area contributed by atoms with Gasteiger partial charge in [-0.25, -0.2) is 0 Å². The predicted octanol–water partition coefficient (Wildman–Crippen LogP) is 1.70. The molecule has 6 nitrogen and oxygen atoms in total. The van der Waals surface area contributed by atoms with Gasteiger partial charge in [0.1, 0.15) is 11.9 Å². The Morgan fingerprint density at radius 1 is 1.32 bits per heavy atom. The summed E-state index contributed by atoms with van der Waals surface area (Å²) in [5, 5.41) is 0. The van der Waals surface area contributed by atoms with Crippen LogP contribution in [0.5, 0.6) is 5.75 Å². The lowest BCUT2D eigenvalue weighted by molar-refractivity contribution is -0.132. The lowest BCUT2D eigenvalue weighted by Crippen LogP contribution is -2.42. The standard InChI is InChI=1S/C19H23N3O3/c1-14-10-17(12-18(23)21(14)2)25-16-5-8-22(9-6-16)19(24)11-15-4-3-7-20-13-15/h3-4,7,10,12-13,16H,5-6,8-9,11H2,1-2H3. The molecule has 1 saturated heterocycles. The second-order valence-corrected chi connectivity index (χ2v) is 6.47. The first-order valence-electron chi connectivity index (χ1n) is 8.54. The van der Waals surface area contributed by atoms with Gasteiger partial charge in [0.25, 0.3) is 5.56 Å². The normalized spacial score (nSPS) is 15.2. The number of ether oxygens (including phenoxy) is 1. The number of piperidine rings is 1. The number of pyridine rings is 2. The molecule has 0 atom stereocenters. The summed E-state index contributed by atoms with van der Waals surface area (Å²) in [5.74, 6) is 0.733. The highest BCUT2D eigenvalue weighted by Crippen LogP contribution is 2.19. The van der Waals surface area contributed by atoms with Crippen LogP contribution in [-0.4, -0.2) is 39.6 Å². The molecule has 132 valence electrons. The molecule has 1 amide bonds. The Labute approximate surface area is 147 Å². The van der Waals surface area contributed by atoms with Crippen molar-refractivity contribution >= 4 is 5.91 Å². The molecule has 1 fully saturated rings. The molecule has 0 aliphatic carbocycles. The Morgan fingerprint density at radius 3 is 2.72 bits per heavy atom. The molecule has 1 aliphatic heterocycles. The minimum absolute atomic E-state index is 0.0361. The molecule has 0 saturated carbocycles. The molecule has 2 aromatic heterocycles. The van der Waals surface area contributed by atoms with Crippen LogP contribution in [0.1, 0.15) is 24.1 Å². The summed E-state index contributed by atoms with van der Waals surface area (Å²) in [7, 11) is 1.74. The smallest absolute Gasteiger partial charge is 0.254 e. The molecule has 2 aromatic rings. The second kappa shape index (κ2) is 7.51. The number of carbonyl (C=O) groups is 1. The van der Waals surface area contributed by atoms with Crippen molar-refractivity contribution in [1.82, 2.24) is 14.5 Å². The molecule has 0 aromatic carbocycles. The number of hydrogen-bond acceptors (Lipinski definition) is 4. The van der Waals surface area contributed by atoms with E-state index in [1.165, 1.54) is 6.07 Å². The summed E-state index contributed by atoms with van der Waals surface area (Å²) in [5.41, 5.74) is 1.73. The molecule has 3 rings (SSSR count). The van der Waals surface area contributed by atoms with Crippen molar-refractivity contribution in [3.8, 4) is 5.75 Å². The predicted molar refractivity (Wildman–Crippen MR) is 94.6 cm³/mol. The summed E-state index contributed by atoms with van der Waals surface area (Å²) >= 11 is 0. The molecule has 1 aliphatic rings. The molecule has 25 heavy (non-hydrogen) atoms. The fraction of sp³-hybridized carbons (Fsp3) is 0.421. The SMILES string of the molecule is Cc1cc(OC2CCN(C(=O)Cc3cccnc3)CC2)cc(=O)n1C. The van der Waals surface area contributed by atoms with E-state index in [0.717, 1.165) is 24.1 Å². The van der Waals surface area contributed by atoms with Gasteiger partial charge < -0.3 is 14.2 Å². The van der Waals surface area contributed by atoms with E-state index in [4.69, 9.17) is 4.74 Å². The number of nitrogens with zero attached hydrogens (tertiary/aromatic N) is 3. The topological polar surface area (TPSA) is 64.4 Å². The quantitative estimate of drug-likeness (QED) is 0.849. The van der Waals surface area contributed by atoms with Gasteiger partial charge in [0.2, 0.25) is 5.91 Å².